The van der Waals surface area contributed by atoms with Crippen LogP contribution in [-0.4, -0.2) is 16.5 Å². The number of nitrogens with zero attached hydrogens (tertiary/aromatic N) is 2. The summed E-state index contributed by atoms with van der Waals surface area (Å²) in [5.74, 6) is 0.341. The first-order valence-electron chi connectivity index (χ1n) is 8.20. The molecule has 1 aromatic heterocycles. The maximum absolute atomic E-state index is 14.1. The smallest absolute Gasteiger partial charge is 0.258 e. The molecule has 0 radical (unpaired) electrons. The van der Waals surface area contributed by atoms with Crippen LogP contribution in [0.1, 0.15) is 23.9 Å². The molecule has 1 aliphatic rings. The molecule has 4 rings (SSSR count). The van der Waals surface area contributed by atoms with Crippen LogP contribution in [0.25, 0.3) is 10.9 Å². The van der Waals surface area contributed by atoms with E-state index in [-0.39, 0.29) is 11.4 Å². The lowest BCUT2D eigenvalue weighted by molar-refractivity contribution is 0.621. The number of para-hydroxylation sites is 1. The van der Waals surface area contributed by atoms with Crippen molar-refractivity contribution in [2.75, 3.05) is 11.4 Å². The number of aromatic amines is 1. The molecule has 4 nitrogen and oxygen atoms in total. The molecule has 1 N–H and O–H groups in total. The van der Waals surface area contributed by atoms with E-state index in [2.05, 4.69) is 16.9 Å². The van der Waals surface area contributed by atoms with E-state index in [1.165, 1.54) is 6.07 Å². The highest BCUT2D eigenvalue weighted by atomic mass is 19.1. The Hall–Kier alpha value is -2.69. The average molecular weight is 323 g/mol. The van der Waals surface area contributed by atoms with Crippen LogP contribution >= 0.6 is 0 Å². The fourth-order valence-electron chi connectivity index (χ4n) is 3.35. The summed E-state index contributed by atoms with van der Waals surface area (Å²) in [5, 5.41) is 0.603. The molecular formula is C19H18FN3O. The molecule has 2 aromatic carbocycles. The zero-order valence-corrected chi connectivity index (χ0v) is 13.5. The number of anilines is 1. The maximum Gasteiger partial charge on any atom is 0.258 e. The third kappa shape index (κ3) is 2.46. The Kier molecular flexibility index (Phi) is 3.56. The van der Waals surface area contributed by atoms with Crippen LogP contribution in [-0.2, 0) is 19.4 Å². The number of aromatic nitrogens is 2. The third-order valence-electron chi connectivity index (χ3n) is 4.61. The lowest BCUT2D eigenvalue weighted by Gasteiger charge is -2.19. The van der Waals surface area contributed by atoms with Gasteiger partial charge < -0.3 is 9.88 Å². The first-order valence-corrected chi connectivity index (χ1v) is 8.20. The number of benzene rings is 2. The van der Waals surface area contributed by atoms with Crippen LogP contribution in [0.2, 0.25) is 0 Å². The van der Waals surface area contributed by atoms with Crippen molar-refractivity contribution in [3.63, 3.8) is 0 Å². The van der Waals surface area contributed by atoms with E-state index in [1.54, 1.807) is 6.07 Å². The van der Waals surface area contributed by atoms with Crippen LogP contribution in [0.5, 0.6) is 0 Å². The van der Waals surface area contributed by atoms with Gasteiger partial charge in [-0.2, -0.15) is 0 Å². The number of halogens is 1. The van der Waals surface area contributed by atoms with Gasteiger partial charge in [0.1, 0.15) is 11.6 Å². The number of aryl methyl sites for hydroxylation is 1. The number of hydrogen-bond donors (Lipinski definition) is 1. The molecule has 3 aromatic rings. The molecule has 0 amide bonds. The number of nitrogens with one attached hydrogen (secondary N) is 1. The van der Waals surface area contributed by atoms with E-state index >= 15 is 0 Å². The van der Waals surface area contributed by atoms with Crippen LogP contribution in [0.3, 0.4) is 0 Å². The molecule has 0 saturated heterocycles. The summed E-state index contributed by atoms with van der Waals surface area (Å²) in [6.45, 7) is 3.18. The molecule has 0 spiro atoms. The van der Waals surface area contributed by atoms with Crippen molar-refractivity contribution in [2.45, 2.75) is 26.3 Å². The van der Waals surface area contributed by atoms with E-state index in [0.29, 0.717) is 29.0 Å². The van der Waals surface area contributed by atoms with Crippen LogP contribution in [0.4, 0.5) is 10.1 Å². The Bertz CT molecular complexity index is 980. The first kappa shape index (κ1) is 14.9. The van der Waals surface area contributed by atoms with E-state index in [1.807, 2.05) is 29.2 Å². The summed E-state index contributed by atoms with van der Waals surface area (Å²) in [7, 11) is 0. The fraction of sp³-hybridized carbons (Fsp3) is 0.263. The predicted octanol–water partition coefficient (Wildman–Crippen LogP) is 3.19. The highest BCUT2D eigenvalue weighted by molar-refractivity contribution is 5.78. The predicted molar refractivity (Wildman–Crippen MR) is 92.9 cm³/mol. The zero-order chi connectivity index (χ0) is 16.7. The third-order valence-corrected chi connectivity index (χ3v) is 4.61. The van der Waals surface area contributed by atoms with Gasteiger partial charge in [0.25, 0.3) is 5.56 Å². The Morgan fingerprint density at radius 1 is 1.29 bits per heavy atom. The Morgan fingerprint density at radius 3 is 3.00 bits per heavy atom. The second kappa shape index (κ2) is 5.74. The lowest BCUT2D eigenvalue weighted by Crippen LogP contribution is -2.24. The lowest BCUT2D eigenvalue weighted by atomic mass is 10.1. The molecule has 5 heteroatoms. The summed E-state index contributed by atoms with van der Waals surface area (Å²) in [6, 6.07) is 10.9. The van der Waals surface area contributed by atoms with Gasteiger partial charge in [-0.1, -0.05) is 25.1 Å². The van der Waals surface area contributed by atoms with E-state index in [9.17, 15) is 9.18 Å². The minimum atomic E-state index is -0.222. The Balaban J connectivity index is 1.71. The van der Waals surface area contributed by atoms with Crippen molar-refractivity contribution in [1.82, 2.24) is 9.97 Å². The summed E-state index contributed by atoms with van der Waals surface area (Å²) < 4.78 is 14.1. The van der Waals surface area contributed by atoms with Gasteiger partial charge in [0.05, 0.1) is 23.1 Å². The molecule has 0 unspecified atom stereocenters. The first-order chi connectivity index (χ1) is 11.7. The van der Waals surface area contributed by atoms with E-state index < -0.39 is 0 Å². The number of hydrogen-bond acceptors (Lipinski definition) is 3. The molecule has 0 bridgehead atoms. The van der Waals surface area contributed by atoms with Gasteiger partial charge >= 0.3 is 0 Å². The SMILES string of the molecule is CCc1ccc2nc(CN3CCc4cccc(F)c43)[nH]c(=O)c2c1. The van der Waals surface area contributed by atoms with Gasteiger partial charge in [0, 0.05) is 6.54 Å². The summed E-state index contributed by atoms with van der Waals surface area (Å²) in [4.78, 5) is 21.7. The van der Waals surface area contributed by atoms with Gasteiger partial charge in [-0.3, -0.25) is 4.79 Å². The minimum absolute atomic E-state index is 0.141. The standard InChI is InChI=1S/C19H18FN3O/c1-2-12-6-7-16-14(10-12)19(24)22-17(21-16)11-23-9-8-13-4-3-5-15(20)18(13)23/h3-7,10H,2,8-9,11H2,1H3,(H,21,22,24). The van der Waals surface area contributed by atoms with Crippen molar-refractivity contribution in [3.8, 4) is 0 Å². The van der Waals surface area contributed by atoms with Crippen LogP contribution < -0.4 is 10.5 Å². The molecule has 0 fully saturated rings. The van der Waals surface area contributed by atoms with Crippen molar-refractivity contribution in [3.05, 3.63) is 69.5 Å². The molecule has 0 aliphatic carbocycles. The van der Waals surface area contributed by atoms with Crippen molar-refractivity contribution in [1.29, 1.82) is 0 Å². The largest absolute Gasteiger partial charge is 0.361 e. The van der Waals surface area contributed by atoms with Crippen LogP contribution in [0.15, 0.2) is 41.2 Å². The zero-order valence-electron chi connectivity index (χ0n) is 13.5. The van der Waals surface area contributed by atoms with Crippen molar-refractivity contribution in [2.24, 2.45) is 0 Å². The Morgan fingerprint density at radius 2 is 2.17 bits per heavy atom. The monoisotopic (exact) mass is 323 g/mol. The molecule has 122 valence electrons. The molecule has 24 heavy (non-hydrogen) atoms. The number of H-pyrrole nitrogens is 1. The Labute approximate surface area is 139 Å². The topological polar surface area (TPSA) is 49.0 Å². The van der Waals surface area contributed by atoms with Crippen molar-refractivity contribution < 1.29 is 4.39 Å². The molecule has 1 aliphatic heterocycles. The number of fused-ring (bicyclic) bond motifs is 2. The van der Waals surface area contributed by atoms with E-state index in [4.69, 9.17) is 0 Å². The quantitative estimate of drug-likeness (QED) is 0.805. The van der Waals surface area contributed by atoms with Gasteiger partial charge in [0.2, 0.25) is 0 Å². The normalized spacial score (nSPS) is 13.5. The second-order valence-electron chi connectivity index (χ2n) is 6.14. The molecule has 0 atom stereocenters. The average Bonchev–Trinajstić information content (AvgIpc) is 2.99. The molecule has 0 saturated carbocycles. The molecular weight excluding hydrogens is 305 g/mol. The van der Waals surface area contributed by atoms with Gasteiger partial charge in [-0.25, -0.2) is 9.37 Å². The number of rotatable bonds is 3. The summed E-state index contributed by atoms with van der Waals surface area (Å²) in [6.07, 6.45) is 1.69. The van der Waals surface area contributed by atoms with Crippen molar-refractivity contribution >= 4 is 16.6 Å². The maximum atomic E-state index is 14.1. The molecule has 2 heterocycles. The van der Waals surface area contributed by atoms with E-state index in [0.717, 1.165) is 30.5 Å². The summed E-state index contributed by atoms with van der Waals surface area (Å²) in [5.41, 5.74) is 3.28. The minimum Gasteiger partial charge on any atom is -0.361 e. The van der Waals surface area contributed by atoms with Gasteiger partial charge in [0.15, 0.2) is 0 Å². The highest BCUT2D eigenvalue weighted by Gasteiger charge is 2.23. The van der Waals surface area contributed by atoms with Crippen LogP contribution in [0, 0.1) is 5.82 Å². The second-order valence-corrected chi connectivity index (χ2v) is 6.14. The van der Waals surface area contributed by atoms with Gasteiger partial charge in [-0.05, 0) is 42.2 Å². The fourth-order valence-corrected chi connectivity index (χ4v) is 3.35. The van der Waals surface area contributed by atoms with Gasteiger partial charge in [-0.15, -0.1) is 0 Å². The highest BCUT2D eigenvalue weighted by Crippen LogP contribution is 2.31. The summed E-state index contributed by atoms with van der Waals surface area (Å²) >= 11 is 0.